The fraction of sp³-hybridized carbons (Fsp3) is 0.333. The van der Waals surface area contributed by atoms with Gasteiger partial charge in [-0.15, -0.1) is 0 Å². The van der Waals surface area contributed by atoms with Crippen molar-refractivity contribution in [3.8, 4) is 22.3 Å². The van der Waals surface area contributed by atoms with Gasteiger partial charge in [-0.3, -0.25) is 0 Å². The summed E-state index contributed by atoms with van der Waals surface area (Å²) in [5, 5.41) is 0. The molecule has 332 valence electrons. The van der Waals surface area contributed by atoms with Crippen LogP contribution < -0.4 is 26.2 Å². The lowest BCUT2D eigenvalue weighted by Crippen LogP contribution is -2.62. The Labute approximate surface area is 396 Å². The smallest absolute Gasteiger partial charge is 0.252 e. The van der Waals surface area contributed by atoms with Crippen LogP contribution in [0.4, 0.5) is 34.1 Å². The molecule has 0 spiro atoms. The maximum Gasteiger partial charge on any atom is 0.252 e. The van der Waals surface area contributed by atoms with Crippen molar-refractivity contribution in [2.75, 3.05) is 9.80 Å². The molecule has 0 amide bonds. The van der Waals surface area contributed by atoms with Crippen LogP contribution in [0, 0.1) is 13.8 Å². The van der Waals surface area contributed by atoms with Gasteiger partial charge in [0, 0.05) is 34.0 Å². The van der Waals surface area contributed by atoms with Gasteiger partial charge in [0.15, 0.2) is 0 Å². The summed E-state index contributed by atoms with van der Waals surface area (Å²) in [6.45, 7) is 31.4. The number of benzene rings is 7. The van der Waals surface area contributed by atoms with E-state index < -0.39 is 0 Å². The second-order valence-electron chi connectivity index (χ2n) is 24.2. The molecule has 0 fully saturated rings. The summed E-state index contributed by atoms with van der Waals surface area (Å²) in [6.07, 6.45) is 3.47. The quantitative estimate of drug-likeness (QED) is 0.163. The van der Waals surface area contributed by atoms with Crippen molar-refractivity contribution in [1.29, 1.82) is 0 Å². The van der Waals surface area contributed by atoms with Crippen molar-refractivity contribution in [1.82, 2.24) is 0 Å². The SMILES string of the molecule is Cc1cc2c3c(c1)N(c1ccc(C(C)(C)C)cc1-c1ccccc1)c1cc4c(cc1B3c1ccc(-c3ccccc3)cc1N2c1cc2c(cc1C)C(C)(C)CC2(C)C)C(C)(C)CCC4(C)C. The van der Waals surface area contributed by atoms with Gasteiger partial charge >= 0.3 is 0 Å². The fourth-order valence-electron chi connectivity index (χ4n) is 12.9. The van der Waals surface area contributed by atoms with Gasteiger partial charge in [0.25, 0.3) is 6.71 Å². The van der Waals surface area contributed by atoms with Crippen LogP contribution in [-0.4, -0.2) is 6.71 Å². The first kappa shape index (κ1) is 42.8. The van der Waals surface area contributed by atoms with Crippen LogP contribution in [0.2, 0.25) is 0 Å². The second kappa shape index (κ2) is 14.4. The highest BCUT2D eigenvalue weighted by Gasteiger charge is 2.48. The minimum absolute atomic E-state index is 0.00947. The summed E-state index contributed by atoms with van der Waals surface area (Å²) in [5.41, 5.74) is 26.9. The Morgan fingerprint density at radius 1 is 0.439 bits per heavy atom. The molecule has 3 heteroatoms. The van der Waals surface area contributed by atoms with Crippen LogP contribution in [0.25, 0.3) is 22.3 Å². The van der Waals surface area contributed by atoms with Gasteiger partial charge in [0.05, 0.1) is 5.69 Å². The van der Waals surface area contributed by atoms with E-state index >= 15 is 0 Å². The van der Waals surface area contributed by atoms with Crippen LogP contribution in [0.1, 0.15) is 134 Å². The molecule has 11 rings (SSSR count). The zero-order valence-corrected chi connectivity index (χ0v) is 41.8. The molecule has 7 aromatic carbocycles. The number of aryl methyl sites for hydroxylation is 2. The molecule has 0 saturated carbocycles. The van der Waals surface area contributed by atoms with Crippen LogP contribution in [0.15, 0.2) is 133 Å². The van der Waals surface area contributed by atoms with E-state index in [1.54, 1.807) is 0 Å². The predicted molar refractivity (Wildman–Crippen MR) is 285 cm³/mol. The number of hydrogen-bond acceptors (Lipinski definition) is 2. The van der Waals surface area contributed by atoms with Gasteiger partial charge in [-0.05, 0) is 175 Å². The Bertz CT molecular complexity index is 3120. The van der Waals surface area contributed by atoms with Crippen LogP contribution in [0.5, 0.6) is 0 Å². The van der Waals surface area contributed by atoms with Gasteiger partial charge in [-0.2, -0.15) is 0 Å². The first-order valence-electron chi connectivity index (χ1n) is 24.6. The van der Waals surface area contributed by atoms with Gasteiger partial charge in [-0.25, -0.2) is 0 Å². The third-order valence-corrected chi connectivity index (χ3v) is 16.4. The summed E-state index contributed by atoms with van der Waals surface area (Å²) in [6, 6.07) is 52.2. The number of hydrogen-bond donors (Lipinski definition) is 0. The third kappa shape index (κ3) is 6.50. The fourth-order valence-corrected chi connectivity index (χ4v) is 12.9. The van der Waals surface area contributed by atoms with Gasteiger partial charge < -0.3 is 9.80 Å². The van der Waals surface area contributed by atoms with Gasteiger partial charge in [0.2, 0.25) is 0 Å². The molecule has 7 aromatic rings. The molecular weight excluding hydrogens is 796 g/mol. The first-order valence-corrected chi connectivity index (χ1v) is 24.6. The topological polar surface area (TPSA) is 6.48 Å². The highest BCUT2D eigenvalue weighted by Crippen LogP contribution is 2.55. The average molecular weight is 863 g/mol. The molecule has 0 radical (unpaired) electrons. The monoisotopic (exact) mass is 863 g/mol. The number of anilines is 6. The van der Waals surface area contributed by atoms with Crippen molar-refractivity contribution < 1.29 is 0 Å². The van der Waals surface area contributed by atoms with Gasteiger partial charge in [0.1, 0.15) is 0 Å². The lowest BCUT2D eigenvalue weighted by molar-refractivity contribution is 0.332. The Morgan fingerprint density at radius 2 is 0.970 bits per heavy atom. The molecule has 0 saturated heterocycles. The number of fused-ring (bicyclic) bond motifs is 6. The Kier molecular flexibility index (Phi) is 9.31. The molecule has 2 heterocycles. The van der Waals surface area contributed by atoms with E-state index in [2.05, 4.69) is 233 Å². The minimum Gasteiger partial charge on any atom is -0.311 e. The van der Waals surface area contributed by atoms with Crippen LogP contribution in [-0.2, 0) is 27.1 Å². The molecule has 0 atom stereocenters. The summed E-state index contributed by atoms with van der Waals surface area (Å²) in [4.78, 5) is 5.36. The van der Waals surface area contributed by atoms with Crippen molar-refractivity contribution in [2.45, 2.75) is 136 Å². The highest BCUT2D eigenvalue weighted by atomic mass is 15.2. The second-order valence-corrected chi connectivity index (χ2v) is 24.2. The van der Waals surface area contributed by atoms with E-state index in [0.717, 1.165) is 6.42 Å². The van der Waals surface area contributed by atoms with E-state index in [0.29, 0.717) is 0 Å². The first-order chi connectivity index (χ1) is 31.1. The van der Waals surface area contributed by atoms with Crippen LogP contribution >= 0.6 is 0 Å². The van der Waals surface area contributed by atoms with E-state index in [1.807, 2.05) is 0 Å². The Hall–Kier alpha value is -5.80. The lowest BCUT2D eigenvalue weighted by Gasteiger charge is -2.48. The van der Waals surface area contributed by atoms with Gasteiger partial charge in [-0.1, -0.05) is 167 Å². The molecule has 0 aromatic heterocycles. The van der Waals surface area contributed by atoms with E-state index in [4.69, 9.17) is 0 Å². The Morgan fingerprint density at radius 3 is 1.59 bits per heavy atom. The minimum atomic E-state index is -0.00947. The standard InChI is InChI=1S/C63H67BN2/c1-39-30-56-58-57(31-39)66(53-36-49-46(32-40(53)2)62(10,11)38-63(49,12)13)54-33-43(41-20-16-14-17-21-41)24-26-50(54)64(58)51-35-47-48(61(8,9)29-28-60(47,6)7)37-55(51)65(56)52-27-25-44(59(3,4)5)34-45(52)42-22-18-15-19-23-42/h14-27,30-37H,28-29,38H2,1-13H3. The largest absolute Gasteiger partial charge is 0.311 e. The van der Waals surface area contributed by atoms with Crippen molar-refractivity contribution in [3.63, 3.8) is 0 Å². The Balaban J connectivity index is 1.27. The molecular formula is C63H67BN2. The molecule has 2 aliphatic carbocycles. The van der Waals surface area contributed by atoms with Crippen molar-refractivity contribution in [2.24, 2.45) is 0 Å². The van der Waals surface area contributed by atoms with Crippen molar-refractivity contribution >= 4 is 57.2 Å². The average Bonchev–Trinajstić information content (AvgIpc) is 3.45. The zero-order valence-electron chi connectivity index (χ0n) is 41.8. The third-order valence-electron chi connectivity index (χ3n) is 16.4. The number of nitrogens with zero attached hydrogens (tertiary/aromatic N) is 2. The summed E-state index contributed by atoms with van der Waals surface area (Å²) < 4.78 is 0. The number of rotatable bonds is 4. The normalized spacial score (nSPS) is 18.0. The predicted octanol–water partition coefficient (Wildman–Crippen LogP) is 15.3. The molecule has 2 nitrogen and oxygen atoms in total. The molecule has 0 unspecified atom stereocenters. The van der Waals surface area contributed by atoms with E-state index in [9.17, 15) is 0 Å². The maximum absolute atomic E-state index is 2.69. The van der Waals surface area contributed by atoms with Crippen molar-refractivity contribution in [3.05, 3.63) is 172 Å². The summed E-state index contributed by atoms with van der Waals surface area (Å²) in [7, 11) is 0. The molecule has 0 N–H and O–H groups in total. The molecule has 0 bridgehead atoms. The lowest BCUT2D eigenvalue weighted by atomic mass is 9.33. The maximum atomic E-state index is 2.69. The van der Waals surface area contributed by atoms with E-state index in [-0.39, 0.29) is 33.8 Å². The van der Waals surface area contributed by atoms with E-state index in [1.165, 1.54) is 125 Å². The molecule has 4 aliphatic rings. The summed E-state index contributed by atoms with van der Waals surface area (Å²) in [5.74, 6) is 0. The molecule has 2 aliphatic heterocycles. The molecule has 66 heavy (non-hydrogen) atoms. The zero-order chi connectivity index (χ0) is 46.5. The van der Waals surface area contributed by atoms with Crippen LogP contribution in [0.3, 0.4) is 0 Å². The highest BCUT2D eigenvalue weighted by molar-refractivity contribution is 7.00. The summed E-state index contributed by atoms with van der Waals surface area (Å²) >= 11 is 0.